The number of rotatable bonds is 5. The van der Waals surface area contributed by atoms with Crippen molar-refractivity contribution in [2.75, 3.05) is 0 Å². The van der Waals surface area contributed by atoms with Gasteiger partial charge in [0.1, 0.15) is 6.04 Å². The predicted octanol–water partition coefficient (Wildman–Crippen LogP) is 2.27. The molecular formula is C14H15ClN2O3. The highest BCUT2D eigenvalue weighted by molar-refractivity contribution is 6.35. The van der Waals surface area contributed by atoms with Crippen molar-refractivity contribution in [2.24, 2.45) is 0 Å². The van der Waals surface area contributed by atoms with Gasteiger partial charge in [-0.15, -0.1) is 0 Å². The van der Waals surface area contributed by atoms with Gasteiger partial charge in [0.2, 0.25) is 5.91 Å². The van der Waals surface area contributed by atoms with Crippen molar-refractivity contribution in [1.29, 1.82) is 0 Å². The topological polar surface area (TPSA) is 71.3 Å². The van der Waals surface area contributed by atoms with E-state index in [4.69, 9.17) is 16.7 Å². The number of carboxylic acids is 1. The van der Waals surface area contributed by atoms with Crippen LogP contribution in [0, 0.1) is 0 Å². The average molecular weight is 295 g/mol. The van der Waals surface area contributed by atoms with E-state index in [1.807, 2.05) is 35.0 Å². The summed E-state index contributed by atoms with van der Waals surface area (Å²) in [5.74, 6) is -1.33. The molecule has 0 saturated carbocycles. The molecule has 6 heteroatoms. The molecule has 0 radical (unpaired) electrons. The van der Waals surface area contributed by atoms with Crippen molar-refractivity contribution < 1.29 is 14.7 Å². The Morgan fingerprint density at radius 3 is 2.85 bits per heavy atom. The Kier molecular flexibility index (Phi) is 4.29. The van der Waals surface area contributed by atoms with Gasteiger partial charge in [-0.3, -0.25) is 9.59 Å². The molecule has 1 amide bonds. The number of aliphatic carboxylic acids is 1. The van der Waals surface area contributed by atoms with Gasteiger partial charge in [-0.05, 0) is 25.1 Å². The van der Waals surface area contributed by atoms with Crippen molar-refractivity contribution in [2.45, 2.75) is 25.9 Å². The normalized spacial score (nSPS) is 12.3. The third-order valence-electron chi connectivity index (χ3n) is 3.09. The van der Waals surface area contributed by atoms with E-state index in [0.29, 0.717) is 11.6 Å². The first-order valence-electron chi connectivity index (χ1n) is 6.24. The Hall–Kier alpha value is -2.01. The van der Waals surface area contributed by atoms with Gasteiger partial charge in [0.05, 0.1) is 0 Å². The molecule has 0 unspecified atom stereocenters. The Morgan fingerprint density at radius 2 is 2.15 bits per heavy atom. The standard InChI is InChI=1S/C14H15ClN2O3/c1-9(14(19)20)16-13(18)6-8-17-7-5-10-11(15)3-2-4-12(10)17/h2-5,7,9H,6,8H2,1H3,(H,16,18)(H,19,20)/t9-/m0/s1. The number of halogens is 1. The Labute approximate surface area is 121 Å². The second kappa shape index (κ2) is 5.96. The molecule has 2 N–H and O–H groups in total. The van der Waals surface area contributed by atoms with Crippen molar-refractivity contribution in [3.63, 3.8) is 0 Å². The Bertz CT molecular complexity index is 651. The van der Waals surface area contributed by atoms with E-state index in [1.54, 1.807) is 0 Å². The van der Waals surface area contributed by atoms with Gasteiger partial charge in [-0.25, -0.2) is 0 Å². The zero-order chi connectivity index (χ0) is 14.7. The van der Waals surface area contributed by atoms with Crippen LogP contribution in [-0.4, -0.2) is 27.6 Å². The van der Waals surface area contributed by atoms with Gasteiger partial charge in [0.15, 0.2) is 0 Å². The van der Waals surface area contributed by atoms with E-state index in [0.717, 1.165) is 10.9 Å². The number of hydrogen-bond donors (Lipinski definition) is 2. The number of nitrogens with one attached hydrogen (secondary N) is 1. The lowest BCUT2D eigenvalue weighted by Gasteiger charge is -2.10. The molecule has 2 rings (SSSR count). The molecule has 1 aromatic carbocycles. The molecule has 0 aliphatic carbocycles. The van der Waals surface area contributed by atoms with Crippen molar-refractivity contribution in [3.05, 3.63) is 35.5 Å². The van der Waals surface area contributed by atoms with E-state index in [1.165, 1.54) is 6.92 Å². The average Bonchev–Trinajstić information content (AvgIpc) is 2.81. The largest absolute Gasteiger partial charge is 0.480 e. The maximum absolute atomic E-state index is 11.6. The molecule has 0 aliphatic heterocycles. The summed E-state index contributed by atoms with van der Waals surface area (Å²) in [5, 5.41) is 12.8. The molecule has 5 nitrogen and oxygen atoms in total. The van der Waals surface area contributed by atoms with Crippen LogP contribution in [0.3, 0.4) is 0 Å². The maximum Gasteiger partial charge on any atom is 0.325 e. The summed E-state index contributed by atoms with van der Waals surface area (Å²) < 4.78 is 1.92. The number of nitrogens with zero attached hydrogens (tertiary/aromatic N) is 1. The second-order valence-electron chi connectivity index (χ2n) is 4.56. The molecule has 0 saturated heterocycles. The Balaban J connectivity index is 2.01. The van der Waals surface area contributed by atoms with Crippen LogP contribution in [0.2, 0.25) is 5.02 Å². The van der Waals surface area contributed by atoms with E-state index in [9.17, 15) is 9.59 Å². The zero-order valence-corrected chi connectivity index (χ0v) is 11.7. The van der Waals surface area contributed by atoms with Crippen molar-refractivity contribution >= 4 is 34.4 Å². The first-order valence-corrected chi connectivity index (χ1v) is 6.62. The van der Waals surface area contributed by atoms with E-state index >= 15 is 0 Å². The highest BCUT2D eigenvalue weighted by Crippen LogP contribution is 2.24. The van der Waals surface area contributed by atoms with Gasteiger partial charge in [0.25, 0.3) is 0 Å². The lowest BCUT2D eigenvalue weighted by Crippen LogP contribution is -2.38. The molecule has 1 atom stereocenters. The molecule has 106 valence electrons. The third kappa shape index (κ3) is 3.11. The fourth-order valence-corrected chi connectivity index (χ4v) is 2.21. The van der Waals surface area contributed by atoms with Crippen molar-refractivity contribution in [1.82, 2.24) is 9.88 Å². The molecule has 0 bridgehead atoms. The summed E-state index contributed by atoms with van der Waals surface area (Å²) in [6.07, 6.45) is 2.08. The van der Waals surface area contributed by atoms with E-state index in [-0.39, 0.29) is 12.3 Å². The molecule has 0 spiro atoms. The summed E-state index contributed by atoms with van der Waals surface area (Å²) in [5.41, 5.74) is 0.955. The number of benzene rings is 1. The molecule has 1 aromatic heterocycles. The number of carbonyl (C=O) groups is 2. The van der Waals surface area contributed by atoms with Gasteiger partial charge in [-0.1, -0.05) is 17.7 Å². The van der Waals surface area contributed by atoms with Crippen LogP contribution < -0.4 is 5.32 Å². The zero-order valence-electron chi connectivity index (χ0n) is 11.0. The van der Waals surface area contributed by atoms with Crippen LogP contribution in [-0.2, 0) is 16.1 Å². The minimum Gasteiger partial charge on any atom is -0.480 e. The smallest absolute Gasteiger partial charge is 0.325 e. The minimum atomic E-state index is -1.04. The van der Waals surface area contributed by atoms with E-state index in [2.05, 4.69) is 5.32 Å². The molecular weight excluding hydrogens is 280 g/mol. The first-order chi connectivity index (χ1) is 9.49. The molecule has 2 aromatic rings. The van der Waals surface area contributed by atoms with Crippen LogP contribution in [0.25, 0.3) is 10.9 Å². The summed E-state index contributed by atoms with van der Waals surface area (Å²) in [7, 11) is 0. The van der Waals surface area contributed by atoms with Gasteiger partial charge >= 0.3 is 5.97 Å². The van der Waals surface area contributed by atoms with Crippen LogP contribution in [0.4, 0.5) is 0 Å². The lowest BCUT2D eigenvalue weighted by molar-refractivity contribution is -0.141. The molecule has 20 heavy (non-hydrogen) atoms. The lowest BCUT2D eigenvalue weighted by atomic mass is 10.2. The predicted molar refractivity (Wildman–Crippen MR) is 76.8 cm³/mol. The van der Waals surface area contributed by atoms with E-state index < -0.39 is 12.0 Å². The van der Waals surface area contributed by atoms with Gasteiger partial charge in [-0.2, -0.15) is 0 Å². The monoisotopic (exact) mass is 294 g/mol. The number of amides is 1. The third-order valence-corrected chi connectivity index (χ3v) is 3.42. The fraction of sp³-hybridized carbons (Fsp3) is 0.286. The van der Waals surface area contributed by atoms with Crippen LogP contribution in [0.5, 0.6) is 0 Å². The molecule has 1 heterocycles. The van der Waals surface area contributed by atoms with Crippen molar-refractivity contribution in [3.8, 4) is 0 Å². The quantitative estimate of drug-likeness (QED) is 0.888. The number of carbonyl (C=O) groups excluding carboxylic acids is 1. The Morgan fingerprint density at radius 1 is 1.40 bits per heavy atom. The SMILES string of the molecule is C[C@H](NC(=O)CCn1ccc2c(Cl)cccc21)C(=O)O. The molecule has 0 fully saturated rings. The second-order valence-corrected chi connectivity index (χ2v) is 4.97. The number of carboxylic acid groups (broad SMARTS) is 1. The molecule has 0 aliphatic rings. The van der Waals surface area contributed by atoms with Gasteiger partial charge in [0, 0.05) is 35.1 Å². The maximum atomic E-state index is 11.6. The number of aromatic nitrogens is 1. The van der Waals surface area contributed by atoms with Crippen LogP contribution in [0.15, 0.2) is 30.5 Å². The summed E-state index contributed by atoms with van der Waals surface area (Å²) in [6, 6.07) is 6.62. The summed E-state index contributed by atoms with van der Waals surface area (Å²) in [6.45, 7) is 1.91. The van der Waals surface area contributed by atoms with Crippen LogP contribution in [0.1, 0.15) is 13.3 Å². The highest BCUT2D eigenvalue weighted by atomic mass is 35.5. The highest BCUT2D eigenvalue weighted by Gasteiger charge is 2.14. The van der Waals surface area contributed by atoms with Gasteiger partial charge < -0.3 is 15.0 Å². The number of aryl methyl sites for hydroxylation is 1. The summed E-state index contributed by atoms with van der Waals surface area (Å²) >= 11 is 6.08. The summed E-state index contributed by atoms with van der Waals surface area (Å²) in [4.78, 5) is 22.3. The number of fused-ring (bicyclic) bond motifs is 1. The first kappa shape index (κ1) is 14.4. The minimum absolute atomic E-state index is 0.216. The van der Waals surface area contributed by atoms with Crippen LogP contribution >= 0.6 is 11.6 Å². The number of hydrogen-bond acceptors (Lipinski definition) is 2. The fourth-order valence-electron chi connectivity index (χ4n) is 1.98.